The van der Waals surface area contributed by atoms with Crippen molar-refractivity contribution >= 4 is 15.8 Å². The molecule has 0 aliphatic carbocycles. The molecule has 19 heavy (non-hydrogen) atoms. The van der Waals surface area contributed by atoms with Gasteiger partial charge in [-0.15, -0.1) is 0 Å². The highest BCUT2D eigenvalue weighted by Gasteiger charge is 2.29. The van der Waals surface area contributed by atoms with E-state index in [9.17, 15) is 13.2 Å². The Kier molecular flexibility index (Phi) is 5.76. The van der Waals surface area contributed by atoms with Crippen molar-refractivity contribution in [2.75, 3.05) is 12.0 Å². The Morgan fingerprint density at radius 3 is 2.37 bits per heavy atom. The largest absolute Gasteiger partial charge is 0.461 e. The molecule has 0 spiro atoms. The summed E-state index contributed by atoms with van der Waals surface area (Å²) in [4.78, 5) is 11.8. The quantitative estimate of drug-likeness (QED) is 0.730. The summed E-state index contributed by atoms with van der Waals surface area (Å²) in [5.74, 6) is -0.640. The molecule has 1 saturated heterocycles. The maximum Gasteiger partial charge on any atom is 0.323 e. The Morgan fingerprint density at radius 2 is 1.89 bits per heavy atom. The molecule has 0 saturated carbocycles. The normalized spacial score (nSPS) is 29.8. The molecule has 1 aliphatic heterocycles. The fourth-order valence-corrected chi connectivity index (χ4v) is 2.83. The number of rotatable bonds is 5. The Balaban J connectivity index is 2.41. The monoisotopic (exact) mass is 293 g/mol. The van der Waals surface area contributed by atoms with Crippen LogP contribution < -0.4 is 5.73 Å². The molecular formula is C12H23NO5S. The minimum absolute atomic E-state index is 0.0498. The molecule has 0 amide bonds. The van der Waals surface area contributed by atoms with Gasteiger partial charge in [-0.05, 0) is 20.3 Å². The molecule has 1 fully saturated rings. The standard InChI is InChI=1S/C12H23NO5S/c1-8-6-10(7-9(2)17-8)18-12(14)11(13)4-5-19(3,15)16/h8-11H,4-7,13H2,1-3H3. The lowest BCUT2D eigenvalue weighted by molar-refractivity contribution is -0.161. The molecule has 1 heterocycles. The summed E-state index contributed by atoms with van der Waals surface area (Å²) in [6, 6.07) is -0.886. The molecule has 1 aliphatic rings. The molecule has 3 atom stereocenters. The number of ether oxygens (including phenoxy) is 2. The Bertz CT molecular complexity index is 398. The molecule has 7 heteroatoms. The van der Waals surface area contributed by atoms with Gasteiger partial charge in [-0.25, -0.2) is 8.42 Å². The van der Waals surface area contributed by atoms with Gasteiger partial charge in [-0.2, -0.15) is 0 Å². The fraction of sp³-hybridized carbons (Fsp3) is 0.917. The third kappa shape index (κ3) is 6.35. The summed E-state index contributed by atoms with van der Waals surface area (Å²) < 4.78 is 32.9. The number of carbonyl (C=O) groups is 1. The first-order valence-corrected chi connectivity index (χ1v) is 8.52. The van der Waals surface area contributed by atoms with E-state index in [4.69, 9.17) is 15.2 Å². The van der Waals surface area contributed by atoms with Gasteiger partial charge in [0.25, 0.3) is 0 Å². The topological polar surface area (TPSA) is 95.7 Å². The van der Waals surface area contributed by atoms with Crippen LogP contribution in [0.2, 0.25) is 0 Å². The van der Waals surface area contributed by atoms with E-state index in [-0.39, 0.29) is 30.5 Å². The molecule has 6 nitrogen and oxygen atoms in total. The second-order valence-corrected chi connectivity index (χ2v) is 7.57. The second-order valence-electron chi connectivity index (χ2n) is 5.31. The van der Waals surface area contributed by atoms with E-state index in [1.54, 1.807) is 0 Å². The number of hydrogen-bond donors (Lipinski definition) is 1. The van der Waals surface area contributed by atoms with Crippen molar-refractivity contribution in [3.63, 3.8) is 0 Å². The highest BCUT2D eigenvalue weighted by molar-refractivity contribution is 7.90. The SMILES string of the molecule is CC1CC(OC(=O)C(N)CCS(C)(=O)=O)CC(C)O1. The number of esters is 1. The van der Waals surface area contributed by atoms with Gasteiger partial charge in [0.1, 0.15) is 22.0 Å². The van der Waals surface area contributed by atoms with Crippen LogP contribution >= 0.6 is 0 Å². The van der Waals surface area contributed by atoms with Gasteiger partial charge in [0, 0.05) is 19.1 Å². The van der Waals surface area contributed by atoms with Crippen molar-refractivity contribution < 1.29 is 22.7 Å². The van der Waals surface area contributed by atoms with Gasteiger partial charge in [0.2, 0.25) is 0 Å². The maximum absolute atomic E-state index is 11.8. The van der Waals surface area contributed by atoms with Crippen LogP contribution in [-0.2, 0) is 24.1 Å². The zero-order valence-electron chi connectivity index (χ0n) is 11.7. The predicted octanol–water partition coefficient (Wildman–Crippen LogP) is 0.248. The van der Waals surface area contributed by atoms with Gasteiger partial charge in [-0.3, -0.25) is 4.79 Å². The summed E-state index contributed by atoms with van der Waals surface area (Å²) in [6.07, 6.45) is 2.40. The Morgan fingerprint density at radius 1 is 1.37 bits per heavy atom. The van der Waals surface area contributed by atoms with E-state index < -0.39 is 21.8 Å². The van der Waals surface area contributed by atoms with Crippen LogP contribution in [0, 0.1) is 0 Å². The molecule has 0 radical (unpaired) electrons. The minimum atomic E-state index is -3.11. The van der Waals surface area contributed by atoms with Gasteiger partial charge in [0.05, 0.1) is 18.0 Å². The smallest absolute Gasteiger partial charge is 0.323 e. The van der Waals surface area contributed by atoms with Crippen molar-refractivity contribution in [3.05, 3.63) is 0 Å². The predicted molar refractivity (Wildman–Crippen MR) is 71.4 cm³/mol. The Hall–Kier alpha value is -0.660. The first kappa shape index (κ1) is 16.4. The molecule has 0 aromatic heterocycles. The Labute approximate surface area is 114 Å². The van der Waals surface area contributed by atoms with Crippen molar-refractivity contribution in [3.8, 4) is 0 Å². The van der Waals surface area contributed by atoms with Gasteiger partial charge in [0.15, 0.2) is 0 Å². The second kappa shape index (κ2) is 6.67. The summed E-state index contributed by atoms with van der Waals surface area (Å²) >= 11 is 0. The van der Waals surface area contributed by atoms with Crippen LogP contribution in [0.15, 0.2) is 0 Å². The van der Waals surface area contributed by atoms with Gasteiger partial charge >= 0.3 is 5.97 Å². The van der Waals surface area contributed by atoms with Crippen molar-refractivity contribution in [2.24, 2.45) is 5.73 Å². The van der Waals surface area contributed by atoms with E-state index >= 15 is 0 Å². The molecule has 0 aromatic rings. The van der Waals surface area contributed by atoms with Crippen molar-refractivity contribution in [1.29, 1.82) is 0 Å². The molecule has 3 unspecified atom stereocenters. The zero-order valence-corrected chi connectivity index (χ0v) is 12.5. The lowest BCUT2D eigenvalue weighted by atomic mass is 10.0. The van der Waals surface area contributed by atoms with Crippen LogP contribution in [0.4, 0.5) is 0 Å². The van der Waals surface area contributed by atoms with Crippen molar-refractivity contribution in [2.45, 2.75) is 57.5 Å². The lowest BCUT2D eigenvalue weighted by Crippen LogP contribution is -2.40. The number of hydrogen-bond acceptors (Lipinski definition) is 6. The van der Waals surface area contributed by atoms with E-state index in [0.29, 0.717) is 12.8 Å². The molecule has 0 aromatic carbocycles. The van der Waals surface area contributed by atoms with E-state index in [1.807, 2.05) is 13.8 Å². The first-order valence-electron chi connectivity index (χ1n) is 6.46. The summed E-state index contributed by atoms with van der Waals surface area (Å²) in [5, 5.41) is 0. The van der Waals surface area contributed by atoms with Crippen molar-refractivity contribution in [1.82, 2.24) is 0 Å². The van der Waals surface area contributed by atoms with Crippen LogP contribution in [0.3, 0.4) is 0 Å². The molecule has 1 rings (SSSR count). The average molecular weight is 293 g/mol. The lowest BCUT2D eigenvalue weighted by Gasteiger charge is -2.32. The third-order valence-corrected chi connectivity index (χ3v) is 4.02. The summed E-state index contributed by atoms with van der Waals surface area (Å²) in [7, 11) is -3.11. The van der Waals surface area contributed by atoms with E-state index in [1.165, 1.54) is 0 Å². The third-order valence-electron chi connectivity index (χ3n) is 3.04. The van der Waals surface area contributed by atoms with E-state index in [0.717, 1.165) is 6.26 Å². The zero-order chi connectivity index (χ0) is 14.6. The summed E-state index contributed by atoms with van der Waals surface area (Å²) in [6.45, 7) is 3.86. The van der Waals surface area contributed by atoms with Crippen LogP contribution in [0.1, 0.15) is 33.1 Å². The number of sulfone groups is 1. The molecular weight excluding hydrogens is 270 g/mol. The van der Waals surface area contributed by atoms with Crippen LogP contribution in [0.25, 0.3) is 0 Å². The molecule has 2 N–H and O–H groups in total. The maximum atomic E-state index is 11.8. The van der Waals surface area contributed by atoms with Gasteiger partial charge < -0.3 is 15.2 Å². The fourth-order valence-electron chi connectivity index (χ4n) is 2.15. The average Bonchev–Trinajstić information content (AvgIpc) is 2.23. The number of carbonyl (C=O) groups excluding carboxylic acids is 1. The van der Waals surface area contributed by atoms with Crippen LogP contribution in [0.5, 0.6) is 0 Å². The highest BCUT2D eigenvalue weighted by Crippen LogP contribution is 2.22. The minimum Gasteiger partial charge on any atom is -0.461 e. The van der Waals surface area contributed by atoms with E-state index in [2.05, 4.69) is 0 Å². The molecule has 0 bridgehead atoms. The van der Waals surface area contributed by atoms with Crippen LogP contribution in [-0.4, -0.2) is 50.7 Å². The highest BCUT2D eigenvalue weighted by atomic mass is 32.2. The molecule has 112 valence electrons. The summed E-state index contributed by atoms with van der Waals surface area (Å²) in [5.41, 5.74) is 5.64. The first-order chi connectivity index (χ1) is 8.67. The van der Waals surface area contributed by atoms with Gasteiger partial charge in [-0.1, -0.05) is 0 Å². The number of nitrogens with two attached hydrogens (primary N) is 1.